The van der Waals surface area contributed by atoms with E-state index in [0.717, 1.165) is 0 Å². The van der Waals surface area contributed by atoms with Crippen molar-refractivity contribution in [2.75, 3.05) is 33.0 Å². The van der Waals surface area contributed by atoms with Crippen LogP contribution in [0.15, 0.2) is 30.3 Å². The zero-order valence-electron chi connectivity index (χ0n) is 15.7. The number of rotatable bonds is 9. The van der Waals surface area contributed by atoms with Crippen LogP contribution < -0.4 is 5.32 Å². The predicted molar refractivity (Wildman–Crippen MR) is 98.0 cm³/mol. The number of aliphatic hydroxyl groups excluding tert-OH is 4. The molecule has 1 aliphatic rings. The van der Waals surface area contributed by atoms with E-state index in [9.17, 15) is 20.1 Å². The molecule has 0 spiro atoms. The average molecular weight is 417 g/mol. The third-order valence-corrected chi connectivity index (χ3v) is 3.93. The fourth-order valence-corrected chi connectivity index (χ4v) is 2.46. The van der Waals surface area contributed by atoms with Crippen LogP contribution in [0, 0.1) is 0 Å². The number of amides is 1. The number of nitrogens with one attached hydrogen (secondary N) is 1. The van der Waals surface area contributed by atoms with Crippen LogP contribution in [-0.4, -0.2) is 102 Å². The molecule has 0 radical (unpaired) electrons. The van der Waals surface area contributed by atoms with E-state index >= 15 is 0 Å². The highest BCUT2D eigenvalue weighted by molar-refractivity contribution is 5.94. The Morgan fingerprint density at radius 3 is 2.34 bits per heavy atom. The van der Waals surface area contributed by atoms with Gasteiger partial charge in [-0.3, -0.25) is 9.59 Å². The molecule has 11 heteroatoms. The molecule has 164 valence electrons. The van der Waals surface area contributed by atoms with Crippen molar-refractivity contribution in [3.05, 3.63) is 35.9 Å². The van der Waals surface area contributed by atoms with Gasteiger partial charge in [0.1, 0.15) is 24.4 Å². The van der Waals surface area contributed by atoms with Crippen molar-refractivity contribution in [1.82, 2.24) is 5.32 Å². The molecule has 6 N–H and O–H groups in total. The Hall–Kier alpha value is -2.12. The van der Waals surface area contributed by atoms with Crippen LogP contribution >= 0.6 is 0 Å². The molecular weight excluding hydrogens is 390 g/mol. The lowest BCUT2D eigenvalue weighted by Crippen LogP contribution is -2.59. The highest BCUT2D eigenvalue weighted by Gasteiger charge is 2.43. The summed E-state index contributed by atoms with van der Waals surface area (Å²) in [6.45, 7) is 0.0817. The second kappa shape index (κ2) is 14.0. The van der Waals surface area contributed by atoms with E-state index in [-0.39, 0.29) is 32.2 Å². The lowest BCUT2D eigenvalue weighted by Gasteiger charge is -2.39. The maximum absolute atomic E-state index is 11.8. The molecule has 2 rings (SSSR count). The van der Waals surface area contributed by atoms with Gasteiger partial charge in [-0.05, 0) is 12.1 Å². The van der Waals surface area contributed by atoms with Crippen molar-refractivity contribution >= 4 is 12.4 Å². The number of benzene rings is 1. The van der Waals surface area contributed by atoms with Crippen molar-refractivity contribution in [2.24, 2.45) is 0 Å². The molecule has 0 aliphatic carbocycles. The molecule has 0 aromatic heterocycles. The van der Waals surface area contributed by atoms with E-state index in [0.29, 0.717) is 12.1 Å². The second-order valence-corrected chi connectivity index (χ2v) is 5.91. The van der Waals surface area contributed by atoms with Crippen LogP contribution in [-0.2, 0) is 19.0 Å². The summed E-state index contributed by atoms with van der Waals surface area (Å²) in [5.74, 6) is -0.188. The maximum Gasteiger partial charge on any atom is 0.290 e. The van der Waals surface area contributed by atoms with E-state index in [1.165, 1.54) is 0 Å². The van der Waals surface area contributed by atoms with Crippen molar-refractivity contribution in [2.45, 2.75) is 30.7 Å². The highest BCUT2D eigenvalue weighted by atomic mass is 16.7. The fourth-order valence-electron chi connectivity index (χ4n) is 2.46. The van der Waals surface area contributed by atoms with Gasteiger partial charge in [0.2, 0.25) is 0 Å². The summed E-state index contributed by atoms with van der Waals surface area (Å²) in [5, 5.41) is 47.8. The zero-order valence-corrected chi connectivity index (χ0v) is 15.7. The van der Waals surface area contributed by atoms with Gasteiger partial charge in [-0.15, -0.1) is 0 Å². The molecular formula is C18H27NO10. The van der Waals surface area contributed by atoms with Crippen LogP contribution in [0.4, 0.5) is 0 Å². The number of carbonyl (C=O) groups is 2. The summed E-state index contributed by atoms with van der Waals surface area (Å²) in [5.41, 5.74) is 0.568. The van der Waals surface area contributed by atoms with Crippen LogP contribution in [0.3, 0.4) is 0 Å². The zero-order chi connectivity index (χ0) is 21.6. The Bertz CT molecular complexity index is 585. The van der Waals surface area contributed by atoms with Gasteiger partial charge < -0.3 is 45.1 Å². The Morgan fingerprint density at radius 2 is 1.72 bits per heavy atom. The van der Waals surface area contributed by atoms with E-state index in [1.54, 1.807) is 24.3 Å². The SMILES string of the molecule is O=C(NCCOCCO[C@H]1O[C@H](CO)[C@H](O)[C@H](O)[C@H]1O)c1ccccc1.O=CO. The Morgan fingerprint density at radius 1 is 1.07 bits per heavy atom. The minimum atomic E-state index is -1.47. The molecule has 1 amide bonds. The number of carbonyl (C=O) groups excluding carboxylic acids is 1. The number of aliphatic hydroxyl groups is 4. The first-order valence-electron chi connectivity index (χ1n) is 8.87. The molecule has 1 aliphatic heterocycles. The van der Waals surface area contributed by atoms with Gasteiger partial charge in [0.25, 0.3) is 12.4 Å². The topological polar surface area (TPSA) is 175 Å². The molecule has 0 bridgehead atoms. The van der Waals surface area contributed by atoms with Crippen molar-refractivity contribution in [1.29, 1.82) is 0 Å². The molecule has 1 saturated heterocycles. The third-order valence-electron chi connectivity index (χ3n) is 3.93. The summed E-state index contributed by atoms with van der Waals surface area (Å²) in [6.07, 6.45) is -6.50. The first-order valence-corrected chi connectivity index (χ1v) is 8.87. The van der Waals surface area contributed by atoms with Gasteiger partial charge in [-0.25, -0.2) is 0 Å². The first kappa shape index (κ1) is 24.9. The molecule has 1 aromatic carbocycles. The van der Waals surface area contributed by atoms with Crippen LogP contribution in [0.2, 0.25) is 0 Å². The number of hydrogen-bond donors (Lipinski definition) is 6. The summed E-state index contributed by atoms with van der Waals surface area (Å²) < 4.78 is 15.8. The quantitative estimate of drug-likeness (QED) is 0.194. The molecule has 1 aromatic rings. The Balaban J connectivity index is 0.00000132. The largest absolute Gasteiger partial charge is 0.483 e. The van der Waals surface area contributed by atoms with Crippen LogP contribution in [0.5, 0.6) is 0 Å². The average Bonchev–Trinajstić information content (AvgIpc) is 2.74. The minimum absolute atomic E-state index is 0.0648. The molecule has 11 nitrogen and oxygen atoms in total. The van der Waals surface area contributed by atoms with Crippen LogP contribution in [0.25, 0.3) is 0 Å². The summed E-state index contributed by atoms with van der Waals surface area (Å²) in [6, 6.07) is 8.81. The first-order chi connectivity index (χ1) is 14.0. The molecule has 29 heavy (non-hydrogen) atoms. The van der Waals surface area contributed by atoms with Crippen molar-refractivity contribution < 1.29 is 49.3 Å². The Labute approximate surface area is 167 Å². The van der Waals surface area contributed by atoms with Crippen molar-refractivity contribution in [3.8, 4) is 0 Å². The van der Waals surface area contributed by atoms with Gasteiger partial charge in [0, 0.05) is 12.1 Å². The van der Waals surface area contributed by atoms with E-state index < -0.39 is 37.3 Å². The minimum Gasteiger partial charge on any atom is -0.483 e. The fraction of sp³-hybridized carbons (Fsp3) is 0.556. The third kappa shape index (κ3) is 8.41. The lowest BCUT2D eigenvalue weighted by atomic mass is 9.99. The van der Waals surface area contributed by atoms with Crippen molar-refractivity contribution in [3.63, 3.8) is 0 Å². The number of hydrogen-bond acceptors (Lipinski definition) is 9. The van der Waals surface area contributed by atoms with Gasteiger partial charge in [-0.2, -0.15) is 0 Å². The highest BCUT2D eigenvalue weighted by Crippen LogP contribution is 2.21. The molecule has 0 unspecified atom stereocenters. The number of ether oxygens (including phenoxy) is 3. The standard InChI is InChI=1S/C17H25NO8.CH2O2/c19-10-12-13(20)14(21)15(22)17(26-12)25-9-8-24-7-6-18-16(23)11-4-2-1-3-5-11;2-1-3/h1-5,12-15,17,19-22H,6-10H2,(H,18,23);1H,(H,2,3)/t12-,13+,14+,15-,17+;/m1./s1. The second-order valence-electron chi connectivity index (χ2n) is 5.91. The van der Waals surface area contributed by atoms with Gasteiger partial charge in [0.15, 0.2) is 6.29 Å². The maximum atomic E-state index is 11.8. The molecule has 1 heterocycles. The molecule has 0 saturated carbocycles. The number of carboxylic acid groups (broad SMARTS) is 1. The molecule has 1 fully saturated rings. The summed E-state index contributed by atoms with van der Waals surface area (Å²) in [7, 11) is 0. The van der Waals surface area contributed by atoms with Gasteiger partial charge >= 0.3 is 0 Å². The summed E-state index contributed by atoms with van der Waals surface area (Å²) >= 11 is 0. The summed E-state index contributed by atoms with van der Waals surface area (Å²) in [4.78, 5) is 20.2. The van der Waals surface area contributed by atoms with Gasteiger partial charge in [-0.1, -0.05) is 18.2 Å². The van der Waals surface area contributed by atoms with E-state index in [2.05, 4.69) is 5.32 Å². The van der Waals surface area contributed by atoms with Crippen LogP contribution in [0.1, 0.15) is 10.4 Å². The Kier molecular flexibility index (Phi) is 12.0. The van der Waals surface area contributed by atoms with E-state index in [4.69, 9.17) is 29.2 Å². The monoisotopic (exact) mass is 417 g/mol. The lowest BCUT2D eigenvalue weighted by molar-refractivity contribution is -0.302. The van der Waals surface area contributed by atoms with E-state index in [1.807, 2.05) is 6.07 Å². The van der Waals surface area contributed by atoms with Gasteiger partial charge in [0.05, 0.1) is 26.4 Å². The molecule has 5 atom stereocenters. The normalized spacial score (nSPS) is 26.1. The smallest absolute Gasteiger partial charge is 0.290 e. The predicted octanol–water partition coefficient (Wildman–Crippen LogP) is -2.05.